The molecule has 0 saturated carbocycles. The van der Waals surface area contributed by atoms with E-state index in [1.54, 1.807) is 0 Å². The molecule has 0 amide bonds. The van der Waals surface area contributed by atoms with Crippen LogP contribution >= 0.6 is 0 Å². The van der Waals surface area contributed by atoms with E-state index in [9.17, 15) is 0 Å². The fraction of sp³-hybridized carbons (Fsp3) is 0.444. The number of nitrogens with one attached hydrogen (secondary N) is 1. The number of aryl methyl sites for hydroxylation is 4. The highest BCUT2D eigenvalue weighted by Crippen LogP contribution is 2.56. The lowest BCUT2D eigenvalue weighted by Crippen LogP contribution is -2.58. The van der Waals surface area contributed by atoms with E-state index in [0.29, 0.717) is 0 Å². The van der Waals surface area contributed by atoms with Crippen LogP contribution in [0.5, 0.6) is 0 Å². The van der Waals surface area contributed by atoms with Gasteiger partial charge in [-0.3, -0.25) is 0 Å². The van der Waals surface area contributed by atoms with Crippen molar-refractivity contribution in [1.29, 1.82) is 0 Å². The first-order valence-electron chi connectivity index (χ1n) is 19.1. The molecule has 4 aromatic rings. The molecule has 0 spiro atoms. The minimum Gasteiger partial charge on any atom is -0.377 e. The summed E-state index contributed by atoms with van der Waals surface area (Å²) in [4.78, 5) is 15.1. The summed E-state index contributed by atoms with van der Waals surface area (Å²) in [5, 5.41) is 3.90. The molecule has 1 N–H and O–H groups in total. The van der Waals surface area contributed by atoms with Gasteiger partial charge in [0.25, 0.3) is 11.6 Å². The lowest BCUT2D eigenvalue weighted by Gasteiger charge is -2.48. The first-order chi connectivity index (χ1) is 24.2. The van der Waals surface area contributed by atoms with E-state index in [2.05, 4.69) is 173 Å². The Bertz CT molecular complexity index is 2170. The summed E-state index contributed by atoms with van der Waals surface area (Å²) in [6, 6.07) is 15.3. The van der Waals surface area contributed by atoms with Crippen LogP contribution in [0.4, 0.5) is 0 Å². The summed E-state index contributed by atoms with van der Waals surface area (Å²) in [7, 11) is 0. The molecular weight excluding hydrogens is 627 g/mol. The molecule has 2 atom stereocenters. The van der Waals surface area contributed by atoms with Crippen LogP contribution in [0.3, 0.4) is 0 Å². The second kappa shape index (κ2) is 12.6. The van der Waals surface area contributed by atoms with Crippen molar-refractivity contribution in [2.24, 2.45) is 10.8 Å². The van der Waals surface area contributed by atoms with Crippen LogP contribution < -0.4 is 20.0 Å². The first-order valence-corrected chi connectivity index (χ1v) is 19.1. The van der Waals surface area contributed by atoms with Crippen molar-refractivity contribution in [3.63, 3.8) is 0 Å². The zero-order chi connectivity index (χ0) is 36.6. The second-order valence-electron chi connectivity index (χ2n) is 16.5. The van der Waals surface area contributed by atoms with Gasteiger partial charge in [-0.25, -0.2) is 13.9 Å². The minimum absolute atomic E-state index is 0.0263. The van der Waals surface area contributed by atoms with Crippen LogP contribution in [0, 0.1) is 38.5 Å². The molecule has 6 nitrogen and oxygen atoms in total. The van der Waals surface area contributed by atoms with Gasteiger partial charge in [0.2, 0.25) is 0 Å². The van der Waals surface area contributed by atoms with E-state index in [4.69, 9.17) is 0 Å². The molecule has 2 aromatic heterocycles. The fourth-order valence-electron chi connectivity index (χ4n) is 9.55. The van der Waals surface area contributed by atoms with E-state index >= 15 is 4.79 Å². The maximum Gasteiger partial charge on any atom is 0.341 e. The number of nitrogens with zero attached hydrogens (tertiary/aromatic N) is 4. The third-order valence-corrected chi connectivity index (χ3v) is 12.3. The number of benzene rings is 2. The standard InChI is InChI=1S/C45H56N5O/c1-12-45(13-2)34-27-36(44(9,10)11)46-35-21-24-48-32(8)38(28(3)4)43(51)50(42(48)39(34)35)37(45)22-23-47-25-26-49(40-30(6)18-16-19-31(40)7)41(47)33-20-15-14-17-29(33)5/h14-21,24-28,35,37H,12-13,22-23H2,1-11H3/q+1/p+1. The summed E-state index contributed by atoms with van der Waals surface area (Å²) in [5.41, 5.74) is 12.0. The van der Waals surface area contributed by atoms with E-state index in [1.165, 1.54) is 50.6 Å². The van der Waals surface area contributed by atoms with Gasteiger partial charge in [-0.2, -0.15) is 9.13 Å². The summed E-state index contributed by atoms with van der Waals surface area (Å²) < 4.78 is 9.40. The molecule has 5 heterocycles. The summed E-state index contributed by atoms with van der Waals surface area (Å²) >= 11 is 0. The minimum atomic E-state index is -0.214. The van der Waals surface area contributed by atoms with Crippen molar-refractivity contribution in [1.82, 2.24) is 14.5 Å². The zero-order valence-electron chi connectivity index (χ0n) is 32.7. The van der Waals surface area contributed by atoms with Gasteiger partial charge in [0, 0.05) is 22.9 Å². The Morgan fingerprint density at radius 3 is 2.22 bits per heavy atom. The Hall–Kier alpha value is -4.45. The van der Waals surface area contributed by atoms with Crippen LogP contribution in [0.25, 0.3) is 28.8 Å². The van der Waals surface area contributed by atoms with Crippen LogP contribution in [0.15, 0.2) is 83.1 Å². The van der Waals surface area contributed by atoms with Gasteiger partial charge in [0.15, 0.2) is 0 Å². The highest BCUT2D eigenvalue weighted by molar-refractivity contribution is 5.78. The van der Waals surface area contributed by atoms with Crippen LogP contribution in [0.2, 0.25) is 0 Å². The molecule has 3 aliphatic rings. The van der Waals surface area contributed by atoms with Crippen molar-refractivity contribution in [2.75, 3.05) is 0 Å². The Labute approximate surface area is 304 Å². The third kappa shape index (κ3) is 5.31. The van der Waals surface area contributed by atoms with Gasteiger partial charge in [-0.05, 0) is 86.9 Å². The third-order valence-electron chi connectivity index (χ3n) is 12.3. The van der Waals surface area contributed by atoms with Crippen molar-refractivity contribution in [3.05, 3.63) is 122 Å². The monoisotopic (exact) mass is 683 g/mol. The average molecular weight is 684 g/mol. The molecule has 3 aliphatic heterocycles. The topological polar surface area (TPSA) is 46.7 Å². The Morgan fingerprint density at radius 2 is 1.59 bits per heavy atom. The summed E-state index contributed by atoms with van der Waals surface area (Å²) in [6.45, 7) is 25.4. The molecular formula is C45H57N5O+2. The van der Waals surface area contributed by atoms with Crippen LogP contribution in [-0.4, -0.2) is 15.2 Å². The molecule has 6 heteroatoms. The quantitative estimate of drug-likeness (QED) is 0.189. The molecule has 0 saturated heterocycles. The lowest BCUT2D eigenvalue weighted by atomic mass is 9.62. The lowest BCUT2D eigenvalue weighted by molar-refractivity contribution is -0.686. The van der Waals surface area contributed by atoms with E-state index < -0.39 is 0 Å². The van der Waals surface area contributed by atoms with Gasteiger partial charge >= 0.3 is 5.56 Å². The van der Waals surface area contributed by atoms with Crippen molar-refractivity contribution >= 4 is 11.8 Å². The van der Waals surface area contributed by atoms with Crippen LogP contribution in [-0.2, 0) is 6.54 Å². The molecule has 51 heavy (non-hydrogen) atoms. The number of aromatic nitrogens is 4. The molecule has 0 bridgehead atoms. The normalized spacial score (nSPS) is 18.9. The second-order valence-corrected chi connectivity index (χ2v) is 16.5. The SMILES string of the molecule is CCC1(CC)C2=C3c4n(c(=O)c(C(C)C)c(C)[n+]4C=CC3NC(C(C)(C)C)=C2)C1CC[n+]1ccn(-c2c(C)cccc2C)c1-c1ccccc1C. The molecule has 2 aromatic carbocycles. The molecule has 0 radical (unpaired) electrons. The highest BCUT2D eigenvalue weighted by atomic mass is 16.1. The van der Waals surface area contributed by atoms with E-state index in [-0.39, 0.29) is 34.4 Å². The number of dihydropyridines is 1. The number of para-hydroxylation sites is 1. The maximum absolute atomic E-state index is 15.1. The maximum atomic E-state index is 15.1. The number of hydrogen-bond acceptors (Lipinski definition) is 2. The van der Waals surface area contributed by atoms with Crippen molar-refractivity contribution in [3.8, 4) is 17.1 Å². The number of hydrogen-bond donors (Lipinski definition) is 1. The van der Waals surface area contributed by atoms with Crippen molar-refractivity contribution in [2.45, 2.75) is 120 Å². The Balaban J connectivity index is 1.47. The van der Waals surface area contributed by atoms with Crippen LogP contribution in [0.1, 0.15) is 113 Å². The van der Waals surface area contributed by atoms with Gasteiger partial charge in [0.05, 0.1) is 35.5 Å². The average Bonchev–Trinajstić information content (AvgIpc) is 3.49. The molecule has 7 rings (SSSR count). The van der Waals surface area contributed by atoms with Crippen molar-refractivity contribution < 1.29 is 9.13 Å². The van der Waals surface area contributed by atoms with Gasteiger partial charge < -0.3 is 5.32 Å². The fourth-order valence-corrected chi connectivity index (χ4v) is 9.55. The predicted octanol–water partition coefficient (Wildman–Crippen LogP) is 8.83. The zero-order valence-corrected chi connectivity index (χ0v) is 32.7. The van der Waals surface area contributed by atoms with E-state index in [0.717, 1.165) is 42.9 Å². The highest BCUT2D eigenvalue weighted by Gasteiger charge is 2.55. The molecule has 2 unspecified atom stereocenters. The number of allylic oxidation sites excluding steroid dienone is 3. The van der Waals surface area contributed by atoms with Gasteiger partial charge in [-0.15, -0.1) is 0 Å². The van der Waals surface area contributed by atoms with Gasteiger partial charge in [-0.1, -0.05) is 84.9 Å². The summed E-state index contributed by atoms with van der Waals surface area (Å²) in [6.07, 6.45) is 14.2. The summed E-state index contributed by atoms with van der Waals surface area (Å²) in [5.74, 6) is 2.35. The van der Waals surface area contributed by atoms with Gasteiger partial charge in [0.1, 0.15) is 29.8 Å². The molecule has 0 fully saturated rings. The largest absolute Gasteiger partial charge is 0.377 e. The number of rotatable bonds is 8. The Morgan fingerprint density at radius 1 is 0.922 bits per heavy atom. The smallest absolute Gasteiger partial charge is 0.341 e. The Kier molecular flexibility index (Phi) is 8.67. The number of imidazole rings is 1. The molecule has 266 valence electrons. The molecule has 0 aliphatic carbocycles. The van der Waals surface area contributed by atoms with E-state index in [1.807, 2.05) is 0 Å². The first kappa shape index (κ1) is 35.0. The predicted molar refractivity (Wildman–Crippen MR) is 209 cm³/mol.